The quantitative estimate of drug-likeness (QED) is 0.430. The Morgan fingerprint density at radius 1 is 1.21 bits per heavy atom. The number of aromatic nitrogens is 1. The first-order valence-corrected chi connectivity index (χ1v) is 7.56. The fraction of sp³-hybridized carbons (Fsp3) is 0.412. The molecule has 0 saturated heterocycles. The van der Waals surface area contributed by atoms with E-state index in [4.69, 9.17) is 4.74 Å². The first-order chi connectivity index (χ1) is 11.1. The molecule has 1 aromatic heterocycles. The molecule has 7 nitrogen and oxygen atoms in total. The molecule has 0 N–H and O–H groups in total. The van der Waals surface area contributed by atoms with Gasteiger partial charge in [0.15, 0.2) is 12.4 Å². The molecule has 1 aromatic rings. The standard InChI is InChI=1S/C17H20N2O5/c1-11(20)24-10-9-19-15(22)13(14(21)16(19)23)18-7-5-12(6-8-18)17(2,3)4/h5-8H,9-10H2,1-4H3. The second-order valence-corrected chi connectivity index (χ2v) is 6.52. The van der Waals surface area contributed by atoms with E-state index in [1.165, 1.54) is 11.5 Å². The van der Waals surface area contributed by atoms with Crippen LogP contribution in [0.2, 0.25) is 0 Å². The highest BCUT2D eigenvalue weighted by Crippen LogP contribution is 2.21. The normalized spacial score (nSPS) is 15.2. The maximum Gasteiger partial charge on any atom is 0.325 e. The summed E-state index contributed by atoms with van der Waals surface area (Å²) in [5, 5.41) is 12.1. The van der Waals surface area contributed by atoms with Gasteiger partial charge in [0.2, 0.25) is 0 Å². The smallest absolute Gasteiger partial charge is 0.325 e. The predicted molar refractivity (Wildman–Crippen MR) is 81.9 cm³/mol. The van der Waals surface area contributed by atoms with Crippen LogP contribution in [0.4, 0.5) is 0 Å². The Morgan fingerprint density at radius 2 is 1.79 bits per heavy atom. The summed E-state index contributed by atoms with van der Waals surface area (Å²) in [6, 6.07) is 3.61. The number of carbonyl (C=O) groups is 3. The van der Waals surface area contributed by atoms with Gasteiger partial charge in [-0.2, -0.15) is 4.57 Å². The van der Waals surface area contributed by atoms with E-state index >= 15 is 0 Å². The summed E-state index contributed by atoms with van der Waals surface area (Å²) < 4.78 is 6.07. The SMILES string of the molecule is CC(=O)OCCN1C(=O)C([O-])=C([n+]2ccc(C(C)(C)C)cc2)C1=O. The van der Waals surface area contributed by atoms with Gasteiger partial charge in [-0.1, -0.05) is 20.8 Å². The molecular formula is C17H20N2O5. The van der Waals surface area contributed by atoms with Crippen molar-refractivity contribution in [1.29, 1.82) is 0 Å². The van der Waals surface area contributed by atoms with Crippen molar-refractivity contribution >= 4 is 23.5 Å². The lowest BCUT2D eigenvalue weighted by molar-refractivity contribution is -0.581. The molecule has 0 aliphatic carbocycles. The van der Waals surface area contributed by atoms with Crippen LogP contribution in [0.1, 0.15) is 33.3 Å². The predicted octanol–water partition coefficient (Wildman–Crippen LogP) is -0.268. The second kappa shape index (κ2) is 6.43. The van der Waals surface area contributed by atoms with Gasteiger partial charge in [-0.15, -0.1) is 0 Å². The molecule has 24 heavy (non-hydrogen) atoms. The minimum Gasteiger partial charge on any atom is -0.864 e. The average molecular weight is 332 g/mol. The molecule has 1 aliphatic heterocycles. The molecule has 0 saturated carbocycles. The van der Waals surface area contributed by atoms with Crippen molar-refractivity contribution in [2.24, 2.45) is 0 Å². The Balaban J connectivity index is 2.22. The molecule has 0 aromatic carbocycles. The second-order valence-electron chi connectivity index (χ2n) is 6.52. The van der Waals surface area contributed by atoms with Gasteiger partial charge in [-0.05, 0) is 11.0 Å². The van der Waals surface area contributed by atoms with Crippen molar-refractivity contribution < 1.29 is 28.8 Å². The molecule has 0 fully saturated rings. The Hall–Kier alpha value is -2.70. The number of hydrogen-bond donors (Lipinski definition) is 0. The third kappa shape index (κ3) is 3.45. The molecule has 0 unspecified atom stereocenters. The summed E-state index contributed by atoms with van der Waals surface area (Å²) in [6.45, 7) is 7.08. The number of amides is 2. The zero-order chi connectivity index (χ0) is 18.1. The minimum atomic E-state index is -0.908. The van der Waals surface area contributed by atoms with E-state index in [0.717, 1.165) is 10.5 Å². The average Bonchev–Trinajstić information content (AvgIpc) is 2.70. The van der Waals surface area contributed by atoms with Gasteiger partial charge in [0.05, 0.1) is 6.54 Å². The third-order valence-electron chi connectivity index (χ3n) is 3.68. The molecule has 1 aliphatic rings. The summed E-state index contributed by atoms with van der Waals surface area (Å²) in [5.74, 6) is -2.98. The van der Waals surface area contributed by atoms with Gasteiger partial charge in [0.25, 0.3) is 11.6 Å². The maximum atomic E-state index is 12.4. The molecule has 128 valence electrons. The number of rotatable bonds is 4. The van der Waals surface area contributed by atoms with Crippen LogP contribution in [-0.2, 0) is 24.5 Å². The van der Waals surface area contributed by atoms with Crippen LogP contribution in [0.15, 0.2) is 30.3 Å². The van der Waals surface area contributed by atoms with Crippen LogP contribution >= 0.6 is 0 Å². The number of pyridine rings is 1. The first-order valence-electron chi connectivity index (χ1n) is 7.56. The van der Waals surface area contributed by atoms with E-state index in [-0.39, 0.29) is 24.3 Å². The highest BCUT2D eigenvalue weighted by molar-refractivity contribution is 6.28. The van der Waals surface area contributed by atoms with Crippen molar-refractivity contribution in [2.75, 3.05) is 13.2 Å². The summed E-state index contributed by atoms with van der Waals surface area (Å²) in [6.07, 6.45) is 3.18. The van der Waals surface area contributed by atoms with Gasteiger partial charge in [-0.3, -0.25) is 19.3 Å². The number of carbonyl (C=O) groups excluding carboxylic acids is 3. The van der Waals surface area contributed by atoms with Crippen LogP contribution in [0, 0.1) is 0 Å². The van der Waals surface area contributed by atoms with Crippen LogP contribution in [0.5, 0.6) is 0 Å². The van der Waals surface area contributed by atoms with E-state index in [2.05, 4.69) is 0 Å². The molecule has 0 radical (unpaired) electrons. The number of esters is 1. The zero-order valence-electron chi connectivity index (χ0n) is 14.2. The molecule has 0 spiro atoms. The Morgan fingerprint density at radius 3 is 2.29 bits per heavy atom. The lowest BCUT2D eigenvalue weighted by Crippen LogP contribution is -2.41. The molecule has 2 amide bonds. The fourth-order valence-electron chi connectivity index (χ4n) is 2.33. The zero-order valence-corrected chi connectivity index (χ0v) is 14.2. The highest BCUT2D eigenvalue weighted by atomic mass is 16.5. The number of nitrogens with zero attached hydrogens (tertiary/aromatic N) is 2. The lowest BCUT2D eigenvalue weighted by Gasteiger charge is -2.17. The monoisotopic (exact) mass is 332 g/mol. The molecule has 7 heteroatoms. The minimum absolute atomic E-state index is 0.0701. The van der Waals surface area contributed by atoms with Crippen LogP contribution in [0.25, 0.3) is 5.70 Å². The third-order valence-corrected chi connectivity index (χ3v) is 3.68. The lowest BCUT2D eigenvalue weighted by atomic mass is 9.88. The summed E-state index contributed by atoms with van der Waals surface area (Å²) in [7, 11) is 0. The van der Waals surface area contributed by atoms with Crippen LogP contribution in [-0.4, -0.2) is 35.8 Å². The van der Waals surface area contributed by atoms with E-state index in [1.54, 1.807) is 24.5 Å². The van der Waals surface area contributed by atoms with Gasteiger partial charge >= 0.3 is 11.9 Å². The van der Waals surface area contributed by atoms with E-state index in [1.807, 2.05) is 20.8 Å². The van der Waals surface area contributed by atoms with Crippen molar-refractivity contribution in [3.8, 4) is 0 Å². The van der Waals surface area contributed by atoms with Crippen molar-refractivity contribution in [3.05, 3.63) is 35.8 Å². The van der Waals surface area contributed by atoms with Crippen molar-refractivity contribution in [2.45, 2.75) is 33.1 Å². The summed E-state index contributed by atoms with van der Waals surface area (Å²) in [4.78, 5) is 35.9. The van der Waals surface area contributed by atoms with Gasteiger partial charge in [0, 0.05) is 24.8 Å². The summed E-state index contributed by atoms with van der Waals surface area (Å²) in [5.41, 5.74) is 0.748. The number of imide groups is 1. The molecule has 2 rings (SSSR count). The van der Waals surface area contributed by atoms with Crippen molar-refractivity contribution in [1.82, 2.24) is 4.90 Å². The molecular weight excluding hydrogens is 312 g/mol. The van der Waals surface area contributed by atoms with Gasteiger partial charge in [-0.25, -0.2) is 0 Å². The Kier molecular flexibility index (Phi) is 4.73. The van der Waals surface area contributed by atoms with Crippen molar-refractivity contribution in [3.63, 3.8) is 0 Å². The molecule has 2 heterocycles. The topological polar surface area (TPSA) is 90.6 Å². The number of hydrogen-bond acceptors (Lipinski definition) is 5. The summed E-state index contributed by atoms with van der Waals surface area (Å²) >= 11 is 0. The highest BCUT2D eigenvalue weighted by Gasteiger charge is 2.39. The molecule has 0 bridgehead atoms. The van der Waals surface area contributed by atoms with Crippen LogP contribution < -0.4 is 9.67 Å². The fourth-order valence-corrected chi connectivity index (χ4v) is 2.33. The Bertz CT molecular complexity index is 713. The molecule has 0 atom stereocenters. The maximum absolute atomic E-state index is 12.4. The van der Waals surface area contributed by atoms with E-state index in [9.17, 15) is 19.5 Å². The largest absolute Gasteiger partial charge is 0.864 e. The van der Waals surface area contributed by atoms with Crippen LogP contribution in [0.3, 0.4) is 0 Å². The Labute approximate surface area is 140 Å². The van der Waals surface area contributed by atoms with E-state index in [0.29, 0.717) is 0 Å². The number of ether oxygens (including phenoxy) is 1. The first kappa shape index (κ1) is 17.7. The van der Waals surface area contributed by atoms with E-state index < -0.39 is 23.5 Å². The van der Waals surface area contributed by atoms with Gasteiger partial charge in [0.1, 0.15) is 6.61 Å². The van der Waals surface area contributed by atoms with Gasteiger partial charge < -0.3 is 9.84 Å².